The van der Waals surface area contributed by atoms with Crippen molar-refractivity contribution in [3.63, 3.8) is 0 Å². The number of rotatable bonds is 3. The number of benzene rings is 3. The fourth-order valence-electron chi connectivity index (χ4n) is 3.14. The van der Waals surface area contributed by atoms with E-state index in [1.807, 2.05) is 42.5 Å². The van der Waals surface area contributed by atoms with Crippen molar-refractivity contribution < 1.29 is 5.11 Å². The normalized spacial score (nSPS) is 16.9. The van der Waals surface area contributed by atoms with Crippen LogP contribution in [0.25, 0.3) is 0 Å². The van der Waals surface area contributed by atoms with E-state index in [2.05, 4.69) is 41.4 Å². The van der Waals surface area contributed by atoms with Crippen LogP contribution >= 0.6 is 0 Å². The monoisotopic (exact) mass is 314 g/mol. The lowest BCUT2D eigenvalue weighted by Crippen LogP contribution is -2.18. The Kier molecular flexibility index (Phi) is 3.75. The summed E-state index contributed by atoms with van der Waals surface area (Å²) >= 11 is 0. The third-order valence-corrected chi connectivity index (χ3v) is 4.33. The summed E-state index contributed by atoms with van der Waals surface area (Å²) in [5.74, 6) is 0.276. The molecule has 0 aromatic heterocycles. The van der Waals surface area contributed by atoms with Gasteiger partial charge in [-0.25, -0.2) is 0 Å². The Morgan fingerprint density at radius 3 is 2.12 bits per heavy atom. The van der Waals surface area contributed by atoms with Crippen LogP contribution in [-0.4, -0.2) is 10.8 Å². The molecule has 0 saturated carbocycles. The topological polar surface area (TPSA) is 35.8 Å². The lowest BCUT2D eigenvalue weighted by atomic mass is 9.98. The molecule has 1 aliphatic heterocycles. The summed E-state index contributed by atoms with van der Waals surface area (Å²) in [7, 11) is 0. The van der Waals surface area contributed by atoms with Gasteiger partial charge in [0.25, 0.3) is 0 Å². The van der Waals surface area contributed by atoms with Gasteiger partial charge >= 0.3 is 0 Å². The predicted molar refractivity (Wildman–Crippen MR) is 97.4 cm³/mol. The Balaban J connectivity index is 1.77. The minimum Gasteiger partial charge on any atom is -0.507 e. The van der Waals surface area contributed by atoms with Crippen LogP contribution in [0.1, 0.15) is 23.6 Å². The molecule has 3 nitrogen and oxygen atoms in total. The molecule has 0 radical (unpaired) electrons. The number of hydrogen-bond acceptors (Lipinski definition) is 3. The Labute approximate surface area is 141 Å². The second-order valence-corrected chi connectivity index (χ2v) is 5.87. The summed E-state index contributed by atoms with van der Waals surface area (Å²) in [5, 5.41) is 17.1. The van der Waals surface area contributed by atoms with Crippen LogP contribution in [0.15, 0.2) is 90.0 Å². The predicted octanol–water partition coefficient (Wildman–Crippen LogP) is 4.75. The third kappa shape index (κ3) is 2.65. The minimum absolute atomic E-state index is 0.128. The maximum atomic E-state index is 10.2. The van der Waals surface area contributed by atoms with E-state index in [-0.39, 0.29) is 11.8 Å². The van der Waals surface area contributed by atoms with Gasteiger partial charge in [-0.15, -0.1) is 0 Å². The molecule has 0 unspecified atom stereocenters. The van der Waals surface area contributed by atoms with Gasteiger partial charge in [-0.05, 0) is 29.8 Å². The van der Waals surface area contributed by atoms with Gasteiger partial charge in [0.05, 0.1) is 17.4 Å². The van der Waals surface area contributed by atoms with E-state index in [0.717, 1.165) is 23.4 Å². The van der Waals surface area contributed by atoms with Crippen LogP contribution in [0.4, 0.5) is 5.69 Å². The van der Waals surface area contributed by atoms with Crippen molar-refractivity contribution in [3.05, 3.63) is 96.1 Å². The minimum atomic E-state index is 0.128. The molecule has 0 spiro atoms. The molecule has 3 heteroatoms. The highest BCUT2D eigenvalue weighted by Gasteiger charge is 2.30. The van der Waals surface area contributed by atoms with Gasteiger partial charge in [-0.3, -0.25) is 5.01 Å². The van der Waals surface area contributed by atoms with E-state index >= 15 is 0 Å². The zero-order valence-corrected chi connectivity index (χ0v) is 13.2. The average molecular weight is 314 g/mol. The zero-order chi connectivity index (χ0) is 16.4. The number of anilines is 1. The fraction of sp³-hybridized carbons (Fsp3) is 0.0952. The van der Waals surface area contributed by atoms with Gasteiger partial charge in [0.1, 0.15) is 5.75 Å². The van der Waals surface area contributed by atoms with E-state index in [1.165, 1.54) is 5.56 Å². The lowest BCUT2D eigenvalue weighted by Gasteiger charge is -2.23. The standard InChI is InChI=1S/C21H18N2O/c24-21-14-8-7-13-18(21)19-15-20(16-9-3-1-4-10-16)23(22-19)17-11-5-2-6-12-17/h1-14,20,24H,15H2/t20-/m1/s1. The molecule has 3 aromatic carbocycles. The lowest BCUT2D eigenvalue weighted by molar-refractivity contribution is 0.474. The first kappa shape index (κ1) is 14.5. The second-order valence-electron chi connectivity index (χ2n) is 5.87. The molecule has 1 atom stereocenters. The maximum Gasteiger partial charge on any atom is 0.124 e. The molecule has 1 aliphatic rings. The molecule has 0 saturated heterocycles. The van der Waals surface area contributed by atoms with Crippen molar-refractivity contribution >= 4 is 11.4 Å². The van der Waals surface area contributed by atoms with Crippen molar-refractivity contribution in [3.8, 4) is 5.75 Å². The fourth-order valence-corrected chi connectivity index (χ4v) is 3.14. The van der Waals surface area contributed by atoms with Crippen LogP contribution < -0.4 is 5.01 Å². The Hall–Kier alpha value is -3.07. The smallest absolute Gasteiger partial charge is 0.124 e. The van der Waals surface area contributed by atoms with Gasteiger partial charge in [-0.2, -0.15) is 5.10 Å². The van der Waals surface area contributed by atoms with Gasteiger partial charge in [0.15, 0.2) is 0 Å². The van der Waals surface area contributed by atoms with Gasteiger partial charge in [0, 0.05) is 12.0 Å². The molecular formula is C21H18N2O. The first-order valence-corrected chi connectivity index (χ1v) is 8.08. The van der Waals surface area contributed by atoms with Crippen molar-refractivity contribution in [1.29, 1.82) is 0 Å². The molecule has 0 bridgehead atoms. The van der Waals surface area contributed by atoms with Gasteiger partial charge in [0.2, 0.25) is 0 Å². The molecule has 118 valence electrons. The molecule has 4 rings (SSSR count). The van der Waals surface area contributed by atoms with Crippen molar-refractivity contribution in [2.75, 3.05) is 5.01 Å². The maximum absolute atomic E-state index is 10.2. The summed E-state index contributed by atoms with van der Waals surface area (Å²) in [5.41, 5.74) is 3.98. The van der Waals surface area contributed by atoms with E-state index in [1.54, 1.807) is 6.07 Å². The Morgan fingerprint density at radius 2 is 1.42 bits per heavy atom. The number of para-hydroxylation sites is 2. The van der Waals surface area contributed by atoms with Crippen LogP contribution in [0.5, 0.6) is 5.75 Å². The highest BCUT2D eigenvalue weighted by molar-refractivity contribution is 6.05. The molecule has 0 fully saturated rings. The first-order chi connectivity index (χ1) is 11.8. The molecule has 1 heterocycles. The van der Waals surface area contributed by atoms with Gasteiger partial charge < -0.3 is 5.11 Å². The quantitative estimate of drug-likeness (QED) is 0.757. The number of hydrogen-bond donors (Lipinski definition) is 1. The molecular weight excluding hydrogens is 296 g/mol. The summed E-state index contributed by atoms with van der Waals surface area (Å²) in [6.07, 6.45) is 0.760. The number of nitrogens with zero attached hydrogens (tertiary/aromatic N) is 2. The molecule has 1 N–H and O–H groups in total. The molecule has 0 aliphatic carbocycles. The van der Waals surface area contributed by atoms with E-state index in [4.69, 9.17) is 5.10 Å². The number of aromatic hydroxyl groups is 1. The summed E-state index contributed by atoms with van der Waals surface area (Å²) < 4.78 is 0. The SMILES string of the molecule is Oc1ccccc1C1=NN(c2ccccc2)[C@@H](c2ccccc2)C1. The largest absolute Gasteiger partial charge is 0.507 e. The van der Waals surface area contributed by atoms with E-state index < -0.39 is 0 Å². The summed E-state index contributed by atoms with van der Waals surface area (Å²) in [6, 6.07) is 28.1. The third-order valence-electron chi connectivity index (χ3n) is 4.33. The van der Waals surface area contributed by atoms with Crippen LogP contribution in [-0.2, 0) is 0 Å². The zero-order valence-electron chi connectivity index (χ0n) is 13.2. The number of hydrazone groups is 1. The Morgan fingerprint density at radius 1 is 0.792 bits per heavy atom. The summed E-state index contributed by atoms with van der Waals surface area (Å²) in [4.78, 5) is 0. The average Bonchev–Trinajstić information content (AvgIpc) is 3.09. The highest BCUT2D eigenvalue weighted by atomic mass is 16.3. The van der Waals surface area contributed by atoms with Crippen LogP contribution in [0, 0.1) is 0 Å². The highest BCUT2D eigenvalue weighted by Crippen LogP contribution is 2.37. The number of phenolic OH excluding ortho intramolecular Hbond substituents is 1. The van der Waals surface area contributed by atoms with Crippen molar-refractivity contribution in [2.24, 2.45) is 5.10 Å². The number of phenols is 1. The summed E-state index contributed by atoms with van der Waals surface area (Å²) in [6.45, 7) is 0. The van der Waals surface area contributed by atoms with E-state index in [0.29, 0.717) is 0 Å². The van der Waals surface area contributed by atoms with Crippen molar-refractivity contribution in [1.82, 2.24) is 0 Å². The van der Waals surface area contributed by atoms with Crippen LogP contribution in [0.2, 0.25) is 0 Å². The molecule has 3 aromatic rings. The molecule has 24 heavy (non-hydrogen) atoms. The van der Waals surface area contributed by atoms with E-state index in [9.17, 15) is 5.11 Å². The van der Waals surface area contributed by atoms with Crippen molar-refractivity contribution in [2.45, 2.75) is 12.5 Å². The first-order valence-electron chi connectivity index (χ1n) is 8.08. The molecule has 0 amide bonds. The van der Waals surface area contributed by atoms with Gasteiger partial charge in [-0.1, -0.05) is 60.7 Å². The second kappa shape index (κ2) is 6.20. The van der Waals surface area contributed by atoms with Crippen LogP contribution in [0.3, 0.4) is 0 Å². The Bertz CT molecular complexity index is 859.